The van der Waals surface area contributed by atoms with E-state index >= 15 is 0 Å². The first-order chi connectivity index (χ1) is 10.1. The van der Waals surface area contributed by atoms with E-state index in [0.717, 1.165) is 0 Å². The van der Waals surface area contributed by atoms with E-state index in [9.17, 15) is 30.8 Å². The van der Waals surface area contributed by atoms with Gasteiger partial charge in [0, 0.05) is 0 Å². The van der Waals surface area contributed by atoms with Crippen LogP contribution in [0.15, 0.2) is 4.90 Å². The Hall–Kier alpha value is -1.76. The summed E-state index contributed by atoms with van der Waals surface area (Å²) in [5.41, 5.74) is 0. The van der Waals surface area contributed by atoms with Gasteiger partial charge in [0.15, 0.2) is 16.5 Å². The largest absolute Gasteiger partial charge is 0.420 e. The summed E-state index contributed by atoms with van der Waals surface area (Å²) in [5, 5.41) is 17.3. The third-order valence-electron chi connectivity index (χ3n) is 2.42. The standard InChI is InChI=1S/C10H8F4O7S/c11-4-6(13)9(22(18,19)20)7(14)5(12)8(4)21-10(17)3(1-15)2-16/h3,15-16H,1-2H2,(H,18,19,20). The Balaban J connectivity index is 3.45. The maximum Gasteiger partial charge on any atom is 0.319 e. The first-order valence-electron chi connectivity index (χ1n) is 5.33. The van der Waals surface area contributed by atoms with Gasteiger partial charge in [0.1, 0.15) is 5.92 Å². The molecule has 1 aromatic carbocycles. The van der Waals surface area contributed by atoms with Crippen molar-refractivity contribution in [3.8, 4) is 5.75 Å². The molecule has 22 heavy (non-hydrogen) atoms. The fourth-order valence-electron chi connectivity index (χ4n) is 1.30. The lowest BCUT2D eigenvalue weighted by atomic mass is 10.2. The Kier molecular flexibility index (Phi) is 5.45. The molecule has 12 heteroatoms. The lowest BCUT2D eigenvalue weighted by molar-refractivity contribution is -0.142. The van der Waals surface area contributed by atoms with Gasteiger partial charge < -0.3 is 14.9 Å². The highest BCUT2D eigenvalue weighted by Crippen LogP contribution is 2.32. The van der Waals surface area contributed by atoms with Gasteiger partial charge in [0.05, 0.1) is 13.2 Å². The molecule has 0 spiro atoms. The zero-order chi connectivity index (χ0) is 17.2. The summed E-state index contributed by atoms with van der Waals surface area (Å²) in [4.78, 5) is 9.01. The molecule has 0 heterocycles. The maximum absolute atomic E-state index is 13.5. The van der Waals surface area contributed by atoms with Crippen LogP contribution in [-0.2, 0) is 14.9 Å². The lowest BCUT2D eigenvalue weighted by Gasteiger charge is -2.13. The van der Waals surface area contributed by atoms with Crippen LogP contribution in [-0.4, -0.2) is 42.4 Å². The van der Waals surface area contributed by atoms with Crippen molar-refractivity contribution in [3.63, 3.8) is 0 Å². The third-order valence-corrected chi connectivity index (χ3v) is 3.29. The van der Waals surface area contributed by atoms with Crippen LogP contribution in [0.1, 0.15) is 0 Å². The van der Waals surface area contributed by atoms with Crippen LogP contribution >= 0.6 is 0 Å². The first-order valence-corrected chi connectivity index (χ1v) is 6.77. The van der Waals surface area contributed by atoms with Gasteiger partial charge in [-0.05, 0) is 0 Å². The molecule has 0 unspecified atom stereocenters. The predicted octanol–water partition coefficient (Wildman–Crippen LogP) is -0.00410. The highest BCUT2D eigenvalue weighted by molar-refractivity contribution is 7.85. The molecule has 0 aliphatic carbocycles. The van der Waals surface area contributed by atoms with E-state index < -0.39 is 69.1 Å². The number of esters is 1. The van der Waals surface area contributed by atoms with Crippen LogP contribution < -0.4 is 4.74 Å². The molecular weight excluding hydrogens is 340 g/mol. The Bertz CT molecular complexity index is 671. The smallest absolute Gasteiger partial charge is 0.319 e. The number of carbonyl (C=O) groups excluding carboxylic acids is 1. The van der Waals surface area contributed by atoms with Crippen LogP contribution in [0.25, 0.3) is 0 Å². The van der Waals surface area contributed by atoms with Gasteiger partial charge in [-0.3, -0.25) is 9.35 Å². The lowest BCUT2D eigenvalue weighted by Crippen LogP contribution is -2.28. The Morgan fingerprint density at radius 1 is 1.00 bits per heavy atom. The minimum Gasteiger partial charge on any atom is -0.420 e. The van der Waals surface area contributed by atoms with Crippen molar-refractivity contribution >= 4 is 16.1 Å². The summed E-state index contributed by atoms with van der Waals surface area (Å²) >= 11 is 0. The minimum absolute atomic E-state index is 0.993. The summed E-state index contributed by atoms with van der Waals surface area (Å²) in [6.45, 7) is -1.99. The van der Waals surface area contributed by atoms with E-state index in [0.29, 0.717) is 0 Å². The van der Waals surface area contributed by atoms with Crippen LogP contribution in [0.2, 0.25) is 0 Å². The predicted molar refractivity (Wildman–Crippen MR) is 59.4 cm³/mol. The zero-order valence-electron chi connectivity index (χ0n) is 10.4. The molecular formula is C10H8F4O7S. The van der Waals surface area contributed by atoms with Crippen LogP contribution in [0.5, 0.6) is 5.75 Å². The molecule has 0 aliphatic rings. The number of carbonyl (C=O) groups is 1. The van der Waals surface area contributed by atoms with Crippen molar-refractivity contribution in [2.24, 2.45) is 5.92 Å². The average molecular weight is 348 g/mol. The van der Waals surface area contributed by atoms with Crippen molar-refractivity contribution in [2.75, 3.05) is 13.2 Å². The van der Waals surface area contributed by atoms with Crippen LogP contribution in [0.4, 0.5) is 17.6 Å². The molecule has 0 aliphatic heterocycles. The fourth-order valence-corrected chi connectivity index (χ4v) is 1.93. The SMILES string of the molecule is O=C(Oc1c(F)c(F)c(S(=O)(=O)O)c(F)c1F)C(CO)CO. The Morgan fingerprint density at radius 3 is 1.73 bits per heavy atom. The second-order valence-corrected chi connectivity index (χ2v) is 5.23. The van der Waals surface area contributed by atoms with Crippen molar-refractivity contribution < 1.29 is 50.3 Å². The van der Waals surface area contributed by atoms with E-state index in [2.05, 4.69) is 4.74 Å². The molecule has 1 aromatic rings. The highest BCUT2D eigenvalue weighted by atomic mass is 32.2. The number of hydrogen-bond acceptors (Lipinski definition) is 6. The topological polar surface area (TPSA) is 121 Å². The average Bonchev–Trinajstić information content (AvgIpc) is 2.41. The van der Waals surface area contributed by atoms with Crippen molar-refractivity contribution in [1.29, 1.82) is 0 Å². The van der Waals surface area contributed by atoms with Gasteiger partial charge in [-0.2, -0.15) is 17.2 Å². The summed E-state index contributed by atoms with van der Waals surface area (Å²) in [5.74, 6) is -15.0. The van der Waals surface area contributed by atoms with Gasteiger partial charge in [0.25, 0.3) is 0 Å². The number of ether oxygens (including phenoxy) is 1. The van der Waals surface area contributed by atoms with Crippen molar-refractivity contribution in [1.82, 2.24) is 0 Å². The minimum atomic E-state index is -5.63. The monoisotopic (exact) mass is 348 g/mol. The molecule has 0 radical (unpaired) electrons. The van der Waals surface area contributed by atoms with Crippen LogP contribution in [0, 0.1) is 29.2 Å². The van der Waals surface area contributed by atoms with E-state index in [-0.39, 0.29) is 0 Å². The second-order valence-electron chi connectivity index (χ2n) is 3.87. The van der Waals surface area contributed by atoms with Gasteiger partial charge in [-0.15, -0.1) is 0 Å². The molecule has 0 bridgehead atoms. The molecule has 0 fully saturated rings. The van der Waals surface area contributed by atoms with E-state index in [1.54, 1.807) is 0 Å². The first kappa shape index (κ1) is 18.3. The normalized spacial score (nSPS) is 11.8. The number of benzene rings is 1. The Labute approximate surface area is 120 Å². The van der Waals surface area contributed by atoms with E-state index in [4.69, 9.17) is 14.8 Å². The summed E-state index contributed by atoms with van der Waals surface area (Å²) < 4.78 is 87.7. The molecule has 7 nitrogen and oxygen atoms in total. The maximum atomic E-state index is 13.5. The molecule has 124 valence electrons. The van der Waals surface area contributed by atoms with Crippen molar-refractivity contribution in [2.45, 2.75) is 4.90 Å². The molecule has 0 saturated carbocycles. The Morgan fingerprint density at radius 2 is 1.41 bits per heavy atom. The number of aliphatic hydroxyl groups is 2. The summed E-state index contributed by atoms with van der Waals surface area (Å²) in [6.07, 6.45) is 0. The zero-order valence-corrected chi connectivity index (χ0v) is 11.2. The van der Waals surface area contributed by atoms with E-state index in [1.165, 1.54) is 0 Å². The number of halogens is 4. The quantitative estimate of drug-likeness (QED) is 0.225. The fraction of sp³-hybridized carbons (Fsp3) is 0.300. The molecule has 0 saturated heterocycles. The van der Waals surface area contributed by atoms with Crippen LogP contribution in [0.3, 0.4) is 0 Å². The van der Waals surface area contributed by atoms with Crippen molar-refractivity contribution in [3.05, 3.63) is 23.3 Å². The molecule has 0 amide bonds. The van der Waals surface area contributed by atoms with Gasteiger partial charge in [-0.1, -0.05) is 0 Å². The van der Waals surface area contributed by atoms with E-state index in [1.807, 2.05) is 0 Å². The van der Waals surface area contributed by atoms with Gasteiger partial charge >= 0.3 is 16.1 Å². The second kappa shape index (κ2) is 6.56. The summed E-state index contributed by atoms with van der Waals surface area (Å²) in [7, 11) is -5.63. The van der Waals surface area contributed by atoms with Gasteiger partial charge in [-0.25, -0.2) is 8.78 Å². The molecule has 0 aromatic heterocycles. The third kappa shape index (κ3) is 3.35. The number of rotatable bonds is 5. The van der Waals surface area contributed by atoms with Gasteiger partial charge in [0.2, 0.25) is 17.4 Å². The number of aliphatic hydroxyl groups excluding tert-OH is 2. The molecule has 0 atom stereocenters. The molecule has 3 N–H and O–H groups in total. The summed E-state index contributed by atoms with van der Waals surface area (Å²) in [6, 6.07) is 0. The number of hydrogen-bond donors (Lipinski definition) is 3. The molecule has 1 rings (SSSR count). The highest BCUT2D eigenvalue weighted by Gasteiger charge is 2.34.